The molecule has 2 unspecified atom stereocenters. The van der Waals surface area contributed by atoms with Gasteiger partial charge in [0.1, 0.15) is 0 Å². The van der Waals surface area contributed by atoms with Crippen LogP contribution in [0.15, 0.2) is 30.3 Å². The minimum Gasteiger partial charge on any atom is -0.481 e. The minimum atomic E-state index is -0.752. The van der Waals surface area contributed by atoms with Gasteiger partial charge in [-0.25, -0.2) is 0 Å². The van der Waals surface area contributed by atoms with Gasteiger partial charge in [-0.05, 0) is 32.0 Å². The molecule has 1 fully saturated rings. The fourth-order valence-corrected chi connectivity index (χ4v) is 2.56. The minimum absolute atomic E-state index is 0.00766. The van der Waals surface area contributed by atoms with Crippen molar-refractivity contribution in [1.29, 1.82) is 0 Å². The van der Waals surface area contributed by atoms with E-state index < -0.39 is 5.97 Å². The summed E-state index contributed by atoms with van der Waals surface area (Å²) in [6, 6.07) is 10.4. The highest BCUT2D eigenvalue weighted by molar-refractivity contribution is 5.71. The highest BCUT2D eigenvalue weighted by Gasteiger charge is 2.36. The second-order valence-corrected chi connectivity index (χ2v) is 5.12. The van der Waals surface area contributed by atoms with Crippen molar-refractivity contribution in [3.63, 3.8) is 0 Å². The number of ether oxygens (including phenoxy) is 1. The number of carboxylic acid groups (broad SMARTS) is 1. The second kappa shape index (κ2) is 6.68. The molecule has 0 bridgehead atoms. The standard InChI is InChI=1S/C15H21NO3/c1-16(14-11-19-10-13(14)15(17)18)9-5-8-12-6-3-2-4-7-12/h2-4,6-7,13-14H,5,8-11H2,1H3,(H,17,18). The summed E-state index contributed by atoms with van der Waals surface area (Å²) < 4.78 is 5.29. The van der Waals surface area contributed by atoms with Crippen LogP contribution in [0.25, 0.3) is 0 Å². The molecule has 1 heterocycles. The van der Waals surface area contributed by atoms with E-state index in [1.807, 2.05) is 25.2 Å². The van der Waals surface area contributed by atoms with Crippen LogP contribution in [0.3, 0.4) is 0 Å². The summed E-state index contributed by atoms with van der Waals surface area (Å²) in [5, 5.41) is 9.13. The molecule has 104 valence electrons. The predicted molar refractivity (Wildman–Crippen MR) is 73.1 cm³/mol. The lowest BCUT2D eigenvalue weighted by atomic mass is 10.0. The Balaban J connectivity index is 1.78. The summed E-state index contributed by atoms with van der Waals surface area (Å²) in [7, 11) is 1.99. The van der Waals surface area contributed by atoms with Crippen molar-refractivity contribution in [1.82, 2.24) is 4.90 Å². The molecule has 0 radical (unpaired) electrons. The largest absolute Gasteiger partial charge is 0.481 e. The lowest BCUT2D eigenvalue weighted by Crippen LogP contribution is -2.41. The molecule has 4 heteroatoms. The Bertz CT molecular complexity index is 407. The third-order valence-corrected chi connectivity index (χ3v) is 3.75. The number of carboxylic acids is 1. The number of nitrogens with zero attached hydrogens (tertiary/aromatic N) is 1. The molecule has 2 rings (SSSR count). The Hall–Kier alpha value is -1.39. The zero-order chi connectivity index (χ0) is 13.7. The molecule has 0 amide bonds. The molecule has 1 aromatic carbocycles. The first kappa shape index (κ1) is 14.0. The van der Waals surface area contributed by atoms with E-state index in [-0.39, 0.29) is 12.0 Å². The summed E-state index contributed by atoms with van der Waals surface area (Å²) in [5.41, 5.74) is 1.33. The molecule has 1 aromatic rings. The fraction of sp³-hybridized carbons (Fsp3) is 0.533. The Morgan fingerprint density at radius 2 is 2.11 bits per heavy atom. The molecule has 1 aliphatic heterocycles. The summed E-state index contributed by atoms with van der Waals surface area (Å²) >= 11 is 0. The van der Waals surface area contributed by atoms with Crippen LogP contribution < -0.4 is 0 Å². The summed E-state index contributed by atoms with van der Waals surface area (Å²) in [4.78, 5) is 13.2. The second-order valence-electron chi connectivity index (χ2n) is 5.12. The maximum absolute atomic E-state index is 11.1. The van der Waals surface area contributed by atoms with Gasteiger partial charge in [0, 0.05) is 6.04 Å². The molecule has 2 atom stereocenters. The number of aliphatic carboxylic acids is 1. The molecule has 0 aliphatic carbocycles. The molecule has 0 spiro atoms. The fourth-order valence-electron chi connectivity index (χ4n) is 2.56. The van der Waals surface area contributed by atoms with Crippen molar-refractivity contribution in [3.8, 4) is 0 Å². The molecular formula is C15H21NO3. The van der Waals surface area contributed by atoms with Gasteiger partial charge < -0.3 is 14.7 Å². The predicted octanol–water partition coefficient (Wildman–Crippen LogP) is 1.65. The number of rotatable bonds is 6. The number of benzene rings is 1. The molecule has 1 aliphatic rings. The SMILES string of the molecule is CN(CCCc1ccccc1)C1COCC1C(=O)O. The van der Waals surface area contributed by atoms with Crippen LogP contribution >= 0.6 is 0 Å². The first-order valence-corrected chi connectivity index (χ1v) is 6.73. The van der Waals surface area contributed by atoms with E-state index in [0.29, 0.717) is 13.2 Å². The Labute approximate surface area is 114 Å². The average molecular weight is 263 g/mol. The third kappa shape index (κ3) is 3.78. The lowest BCUT2D eigenvalue weighted by molar-refractivity contribution is -0.143. The first-order chi connectivity index (χ1) is 9.18. The third-order valence-electron chi connectivity index (χ3n) is 3.75. The molecule has 1 saturated heterocycles. The normalized spacial score (nSPS) is 22.8. The van der Waals surface area contributed by atoms with E-state index in [9.17, 15) is 4.79 Å². The van der Waals surface area contributed by atoms with Gasteiger partial charge in [-0.15, -0.1) is 0 Å². The molecule has 1 N–H and O–H groups in total. The van der Waals surface area contributed by atoms with Gasteiger partial charge in [-0.1, -0.05) is 30.3 Å². The zero-order valence-electron chi connectivity index (χ0n) is 11.3. The number of aryl methyl sites for hydroxylation is 1. The highest BCUT2D eigenvalue weighted by atomic mass is 16.5. The van der Waals surface area contributed by atoms with E-state index >= 15 is 0 Å². The van der Waals surface area contributed by atoms with Crippen molar-refractivity contribution >= 4 is 5.97 Å². The van der Waals surface area contributed by atoms with E-state index in [1.54, 1.807) is 0 Å². The van der Waals surface area contributed by atoms with Crippen LogP contribution in [0, 0.1) is 5.92 Å². The maximum atomic E-state index is 11.1. The van der Waals surface area contributed by atoms with Crippen molar-refractivity contribution in [3.05, 3.63) is 35.9 Å². The molecular weight excluding hydrogens is 242 g/mol. The van der Waals surface area contributed by atoms with E-state index in [0.717, 1.165) is 19.4 Å². The number of likely N-dealkylation sites (N-methyl/N-ethyl adjacent to an activating group) is 1. The van der Waals surface area contributed by atoms with Crippen LogP contribution in [-0.4, -0.2) is 48.8 Å². The van der Waals surface area contributed by atoms with Crippen molar-refractivity contribution in [2.75, 3.05) is 26.8 Å². The van der Waals surface area contributed by atoms with Gasteiger partial charge in [-0.2, -0.15) is 0 Å². The van der Waals surface area contributed by atoms with Gasteiger partial charge in [0.05, 0.1) is 19.1 Å². The van der Waals surface area contributed by atoms with Crippen molar-refractivity contribution < 1.29 is 14.6 Å². The van der Waals surface area contributed by atoms with E-state index in [1.165, 1.54) is 5.56 Å². The van der Waals surface area contributed by atoms with Crippen LogP contribution in [0.4, 0.5) is 0 Å². The molecule has 4 nitrogen and oxygen atoms in total. The first-order valence-electron chi connectivity index (χ1n) is 6.73. The zero-order valence-corrected chi connectivity index (χ0v) is 11.3. The molecule has 0 aromatic heterocycles. The van der Waals surface area contributed by atoms with Crippen LogP contribution in [0.5, 0.6) is 0 Å². The van der Waals surface area contributed by atoms with Gasteiger partial charge in [-0.3, -0.25) is 4.79 Å². The molecule has 19 heavy (non-hydrogen) atoms. The number of carbonyl (C=O) groups is 1. The average Bonchev–Trinajstić information content (AvgIpc) is 2.89. The topological polar surface area (TPSA) is 49.8 Å². The van der Waals surface area contributed by atoms with Gasteiger partial charge in [0.2, 0.25) is 0 Å². The van der Waals surface area contributed by atoms with Crippen LogP contribution in [0.2, 0.25) is 0 Å². The van der Waals surface area contributed by atoms with Crippen molar-refractivity contribution in [2.45, 2.75) is 18.9 Å². The number of hydrogen-bond acceptors (Lipinski definition) is 3. The monoisotopic (exact) mass is 263 g/mol. The van der Waals surface area contributed by atoms with Crippen molar-refractivity contribution in [2.24, 2.45) is 5.92 Å². The van der Waals surface area contributed by atoms with Crippen LogP contribution in [-0.2, 0) is 16.0 Å². The smallest absolute Gasteiger partial charge is 0.310 e. The van der Waals surface area contributed by atoms with Crippen LogP contribution in [0.1, 0.15) is 12.0 Å². The van der Waals surface area contributed by atoms with Gasteiger partial charge in [0.15, 0.2) is 0 Å². The van der Waals surface area contributed by atoms with Gasteiger partial charge in [0.25, 0.3) is 0 Å². The quantitative estimate of drug-likeness (QED) is 0.848. The summed E-state index contributed by atoms with van der Waals surface area (Å²) in [6.45, 7) is 1.76. The summed E-state index contributed by atoms with van der Waals surface area (Å²) in [5.74, 6) is -1.14. The van der Waals surface area contributed by atoms with E-state index in [4.69, 9.17) is 9.84 Å². The Morgan fingerprint density at radius 1 is 1.37 bits per heavy atom. The highest BCUT2D eigenvalue weighted by Crippen LogP contribution is 2.19. The molecule has 0 saturated carbocycles. The Kier molecular flexibility index (Phi) is 4.93. The Morgan fingerprint density at radius 3 is 2.79 bits per heavy atom. The van der Waals surface area contributed by atoms with E-state index in [2.05, 4.69) is 17.0 Å². The maximum Gasteiger partial charge on any atom is 0.310 e. The van der Waals surface area contributed by atoms with Gasteiger partial charge >= 0.3 is 5.97 Å². The summed E-state index contributed by atoms with van der Waals surface area (Å²) in [6.07, 6.45) is 2.06. The lowest BCUT2D eigenvalue weighted by Gasteiger charge is -2.26. The number of hydrogen-bond donors (Lipinski definition) is 1.